The fourth-order valence-electron chi connectivity index (χ4n) is 1.32. The Kier molecular flexibility index (Phi) is 7.07. The second kappa shape index (κ2) is 7.61. The summed E-state index contributed by atoms with van der Waals surface area (Å²) < 4.78 is 103. The summed E-state index contributed by atoms with van der Waals surface area (Å²) in [7, 11) is -4.27. The van der Waals surface area contributed by atoms with Crippen LogP contribution in [0.15, 0.2) is 12.7 Å². The van der Waals surface area contributed by atoms with E-state index < -0.39 is 52.2 Å². The third-order valence-corrected chi connectivity index (χ3v) is 3.51. The van der Waals surface area contributed by atoms with E-state index in [2.05, 4.69) is 16.1 Å². The molecule has 0 bridgehead atoms. The van der Waals surface area contributed by atoms with Gasteiger partial charge in [-0.1, -0.05) is 6.58 Å². The second-order valence-electron chi connectivity index (χ2n) is 4.65. The van der Waals surface area contributed by atoms with E-state index in [1.165, 1.54) is 0 Å². The minimum Gasteiger partial charge on any atom is -0.412 e. The maximum Gasteiger partial charge on any atom is 0.466 e. The molecule has 0 aromatic rings. The molecule has 1 amide bonds. The minimum atomic E-state index is -5.93. The first-order chi connectivity index (χ1) is 11.0. The Balaban J connectivity index is 5.77. The quantitative estimate of drug-likeness (QED) is 0.213. The number of rotatable bonds is 8. The minimum absolute atomic E-state index is 0.263. The van der Waals surface area contributed by atoms with Crippen molar-refractivity contribution < 1.29 is 54.0 Å². The Labute approximate surface area is 138 Å². The number of alkyl halides is 5. The third kappa shape index (κ3) is 5.34. The molecule has 0 radical (unpaired) electrons. The molecule has 0 aliphatic rings. The first-order valence-corrected chi connectivity index (χ1v) is 7.58. The van der Waals surface area contributed by atoms with Crippen LogP contribution in [0.2, 0.25) is 0 Å². The van der Waals surface area contributed by atoms with Crippen molar-refractivity contribution in [2.24, 2.45) is 0 Å². The van der Waals surface area contributed by atoms with E-state index in [-0.39, 0.29) is 6.08 Å². The summed E-state index contributed by atoms with van der Waals surface area (Å²) in [5, 5.41) is -4.85. The molecule has 25 heavy (non-hydrogen) atoms. The van der Waals surface area contributed by atoms with Gasteiger partial charge in [0.2, 0.25) is 0 Å². The molecule has 8 nitrogen and oxygen atoms in total. The van der Waals surface area contributed by atoms with Crippen molar-refractivity contribution in [1.82, 2.24) is 4.90 Å². The highest BCUT2D eigenvalue weighted by atomic mass is 32.2. The van der Waals surface area contributed by atoms with Gasteiger partial charge in [0.1, 0.15) is 0 Å². The molecule has 1 N–H and O–H groups in total. The summed E-state index contributed by atoms with van der Waals surface area (Å²) in [5.74, 6) is -8.05. The summed E-state index contributed by atoms with van der Waals surface area (Å²) in [6, 6.07) is 0. The maximum absolute atomic E-state index is 13.3. The van der Waals surface area contributed by atoms with Gasteiger partial charge in [0.15, 0.2) is 0 Å². The number of amides is 1. The normalized spacial score (nSPS) is 15.2. The lowest BCUT2D eigenvalue weighted by Crippen LogP contribution is -2.61. The Morgan fingerprint density at radius 1 is 1.20 bits per heavy atom. The summed E-state index contributed by atoms with van der Waals surface area (Å²) in [5.41, 5.74) is 0. The second-order valence-corrected chi connectivity index (χ2v) is 6.20. The zero-order valence-electron chi connectivity index (χ0n) is 12.8. The van der Waals surface area contributed by atoms with E-state index in [1.807, 2.05) is 0 Å². The van der Waals surface area contributed by atoms with Gasteiger partial charge in [-0.2, -0.15) is 30.4 Å². The first-order valence-electron chi connectivity index (χ1n) is 6.14. The number of hydrogen-bond donors (Lipinski definition) is 1. The van der Waals surface area contributed by atoms with Crippen LogP contribution >= 0.6 is 0 Å². The highest BCUT2D eigenvalue weighted by Crippen LogP contribution is 2.37. The third-order valence-electron chi connectivity index (χ3n) is 2.55. The number of hydrogen-bond acceptors (Lipinski definition) is 6. The van der Waals surface area contributed by atoms with E-state index >= 15 is 0 Å². The molecule has 0 spiro atoms. The number of likely N-dealkylation sites (N-methyl/N-ethyl adjacent to an activating group) is 1. The smallest absolute Gasteiger partial charge is 0.412 e. The molecule has 0 aromatic carbocycles. The summed E-state index contributed by atoms with van der Waals surface area (Å²) in [6.45, 7) is 1.12. The van der Waals surface area contributed by atoms with Gasteiger partial charge in [-0.15, -0.1) is 0 Å². The Hall–Kier alpha value is -1.80. The van der Waals surface area contributed by atoms with E-state index in [0.717, 1.165) is 14.1 Å². The number of ether oxygens (including phenoxy) is 2. The molecule has 0 aliphatic heterocycles. The molecular formula is C11H14F5NO7S. The van der Waals surface area contributed by atoms with Crippen molar-refractivity contribution in [2.75, 3.05) is 20.7 Å². The molecule has 0 aliphatic carbocycles. The van der Waals surface area contributed by atoms with Crippen LogP contribution in [-0.2, 0) is 29.2 Å². The van der Waals surface area contributed by atoms with Crippen LogP contribution in [0.3, 0.4) is 0 Å². The van der Waals surface area contributed by atoms with Crippen LogP contribution in [0, 0.1) is 0 Å². The highest BCUT2D eigenvalue weighted by molar-refractivity contribution is 7.86. The lowest BCUT2D eigenvalue weighted by Gasteiger charge is -2.34. The van der Waals surface area contributed by atoms with E-state index in [9.17, 15) is 40.0 Å². The highest BCUT2D eigenvalue weighted by Gasteiger charge is 2.67. The molecule has 14 heteroatoms. The van der Waals surface area contributed by atoms with E-state index in [1.54, 1.807) is 0 Å². The molecule has 1 atom stereocenters. The molecule has 0 aromatic heterocycles. The Morgan fingerprint density at radius 2 is 1.68 bits per heavy atom. The Bertz CT molecular complexity index is 631. The average Bonchev–Trinajstić information content (AvgIpc) is 2.42. The first kappa shape index (κ1) is 23.2. The van der Waals surface area contributed by atoms with Gasteiger partial charge in [0.25, 0.3) is 0 Å². The molecule has 0 rings (SSSR count). The SMILES string of the molecule is C=CC(=O)OC(OCCC(F)(F)S(=O)(=O)O)(C(=O)N(C)C)C(F)(F)F. The fraction of sp³-hybridized carbons (Fsp3) is 0.636. The van der Waals surface area contributed by atoms with Gasteiger partial charge in [0, 0.05) is 20.2 Å². The van der Waals surface area contributed by atoms with Gasteiger partial charge < -0.3 is 14.4 Å². The largest absolute Gasteiger partial charge is 0.466 e. The zero-order valence-corrected chi connectivity index (χ0v) is 13.7. The average molecular weight is 399 g/mol. The molecule has 0 saturated heterocycles. The number of carbonyl (C=O) groups excluding carboxylic acids is 2. The van der Waals surface area contributed by atoms with Crippen LogP contribution in [0.1, 0.15) is 6.42 Å². The molecule has 0 fully saturated rings. The van der Waals surface area contributed by atoms with Crippen molar-refractivity contribution in [3.05, 3.63) is 12.7 Å². The van der Waals surface area contributed by atoms with Crippen LogP contribution in [0.5, 0.6) is 0 Å². The standard InChI is InChI=1S/C11H14F5NO7S/c1-4-7(18)24-10(11(14,15)16,8(19)17(2)3)23-6-5-9(12,13)25(20,21)22/h4H,1,5-6H2,2-3H3,(H,20,21,22). The van der Waals surface area contributed by atoms with E-state index in [0.29, 0.717) is 4.90 Å². The lowest BCUT2D eigenvalue weighted by molar-refractivity contribution is -0.350. The van der Waals surface area contributed by atoms with Crippen molar-refractivity contribution in [3.63, 3.8) is 0 Å². The maximum atomic E-state index is 13.3. The summed E-state index contributed by atoms with van der Waals surface area (Å²) in [4.78, 5) is 23.3. The fourth-order valence-corrected chi connectivity index (χ4v) is 1.66. The van der Waals surface area contributed by atoms with Crippen molar-refractivity contribution in [2.45, 2.75) is 23.6 Å². The predicted molar refractivity (Wildman–Crippen MR) is 70.8 cm³/mol. The van der Waals surface area contributed by atoms with Gasteiger partial charge in [-0.25, -0.2) is 4.79 Å². The van der Waals surface area contributed by atoms with Crippen LogP contribution < -0.4 is 0 Å². The topological polar surface area (TPSA) is 110 Å². The monoisotopic (exact) mass is 399 g/mol. The van der Waals surface area contributed by atoms with Crippen LogP contribution in [0.25, 0.3) is 0 Å². The van der Waals surface area contributed by atoms with Crippen molar-refractivity contribution in [1.29, 1.82) is 0 Å². The molecule has 0 saturated carbocycles. The predicted octanol–water partition coefficient (Wildman–Crippen LogP) is 0.950. The number of esters is 1. The summed E-state index contributed by atoms with van der Waals surface area (Å²) >= 11 is 0. The number of nitrogens with zero attached hydrogens (tertiary/aromatic N) is 1. The molecule has 1 unspecified atom stereocenters. The number of halogens is 5. The van der Waals surface area contributed by atoms with Crippen molar-refractivity contribution >= 4 is 22.0 Å². The molecule has 146 valence electrons. The van der Waals surface area contributed by atoms with Gasteiger partial charge in [-0.05, 0) is 0 Å². The Morgan fingerprint density at radius 3 is 2.00 bits per heavy atom. The van der Waals surface area contributed by atoms with Gasteiger partial charge in [0.05, 0.1) is 13.0 Å². The zero-order chi connectivity index (χ0) is 20.3. The number of carbonyl (C=O) groups is 2. The van der Waals surface area contributed by atoms with Crippen LogP contribution in [0.4, 0.5) is 22.0 Å². The van der Waals surface area contributed by atoms with Crippen molar-refractivity contribution in [3.8, 4) is 0 Å². The molecular weight excluding hydrogens is 385 g/mol. The van der Waals surface area contributed by atoms with Gasteiger partial charge >= 0.3 is 39.2 Å². The van der Waals surface area contributed by atoms with Crippen LogP contribution in [-0.4, -0.2) is 67.7 Å². The van der Waals surface area contributed by atoms with E-state index in [4.69, 9.17) is 4.55 Å². The lowest BCUT2D eigenvalue weighted by atomic mass is 10.2. The van der Waals surface area contributed by atoms with Gasteiger partial charge in [-0.3, -0.25) is 9.35 Å². The summed E-state index contributed by atoms with van der Waals surface area (Å²) in [6.07, 6.45) is -7.39. The molecule has 0 heterocycles.